The molecule has 0 aromatic carbocycles. The fourth-order valence-electron chi connectivity index (χ4n) is 3.61. The highest BCUT2D eigenvalue weighted by atomic mass is 14.7. The Labute approximate surface area is 91.9 Å². The minimum atomic E-state index is 0.943. The first-order valence-corrected chi connectivity index (χ1v) is 6.24. The average molecular weight is 201 g/mol. The summed E-state index contributed by atoms with van der Waals surface area (Å²) in [7, 11) is 0. The third-order valence-corrected chi connectivity index (χ3v) is 4.30. The number of pyridine rings is 1. The molecule has 0 spiro atoms. The minimum Gasteiger partial charge on any atom is -0.258 e. The van der Waals surface area contributed by atoms with Gasteiger partial charge in [0.2, 0.25) is 0 Å². The van der Waals surface area contributed by atoms with E-state index in [9.17, 15) is 0 Å². The largest absolute Gasteiger partial charge is 0.258 e. The Morgan fingerprint density at radius 2 is 2.20 bits per heavy atom. The molecule has 80 valence electrons. The van der Waals surface area contributed by atoms with Crippen LogP contribution in [0.5, 0.6) is 0 Å². The van der Waals surface area contributed by atoms with Gasteiger partial charge in [-0.1, -0.05) is 12.5 Å². The highest BCUT2D eigenvalue weighted by molar-refractivity contribution is 5.11. The third-order valence-electron chi connectivity index (χ3n) is 4.30. The fourth-order valence-corrected chi connectivity index (χ4v) is 3.61. The van der Waals surface area contributed by atoms with Crippen molar-refractivity contribution in [3.63, 3.8) is 0 Å². The summed E-state index contributed by atoms with van der Waals surface area (Å²) in [5.41, 5.74) is 2.48. The van der Waals surface area contributed by atoms with E-state index in [-0.39, 0.29) is 0 Å². The van der Waals surface area contributed by atoms with Crippen molar-refractivity contribution in [1.82, 2.24) is 4.98 Å². The van der Waals surface area contributed by atoms with Crippen molar-refractivity contribution in [2.24, 2.45) is 17.8 Å². The number of rotatable bonds is 2. The Bertz CT molecular complexity index is 358. The van der Waals surface area contributed by atoms with Crippen LogP contribution >= 0.6 is 0 Å². The molecule has 1 aromatic heterocycles. The maximum Gasteiger partial charge on any atom is 0.0409 e. The first-order valence-electron chi connectivity index (χ1n) is 6.24. The standard InChI is InChI=1S/C14H19N/c1-10-3-2-4-14(15-10)9-13-8-11-5-6-12(13)7-11/h2-4,11-13H,5-9H2,1H3. The molecule has 3 rings (SSSR count). The lowest BCUT2D eigenvalue weighted by Gasteiger charge is -2.21. The van der Waals surface area contributed by atoms with E-state index >= 15 is 0 Å². The van der Waals surface area contributed by atoms with Gasteiger partial charge in [0.25, 0.3) is 0 Å². The van der Waals surface area contributed by atoms with E-state index in [0.29, 0.717) is 0 Å². The molecule has 2 bridgehead atoms. The molecule has 1 aromatic rings. The topological polar surface area (TPSA) is 12.9 Å². The number of fused-ring (bicyclic) bond motifs is 2. The van der Waals surface area contributed by atoms with E-state index in [0.717, 1.165) is 23.4 Å². The molecule has 15 heavy (non-hydrogen) atoms. The van der Waals surface area contributed by atoms with Crippen LogP contribution in [0.4, 0.5) is 0 Å². The van der Waals surface area contributed by atoms with Crippen molar-refractivity contribution in [2.75, 3.05) is 0 Å². The first-order chi connectivity index (χ1) is 7.31. The second kappa shape index (κ2) is 3.62. The molecule has 2 aliphatic rings. The summed E-state index contributed by atoms with van der Waals surface area (Å²) in [6, 6.07) is 6.42. The third kappa shape index (κ3) is 1.80. The van der Waals surface area contributed by atoms with Gasteiger partial charge < -0.3 is 0 Å². The van der Waals surface area contributed by atoms with Crippen molar-refractivity contribution < 1.29 is 0 Å². The van der Waals surface area contributed by atoms with Crippen LogP contribution in [-0.2, 0) is 6.42 Å². The van der Waals surface area contributed by atoms with Gasteiger partial charge in [0, 0.05) is 11.4 Å². The van der Waals surface area contributed by atoms with Gasteiger partial charge in [0.05, 0.1) is 0 Å². The molecule has 0 radical (unpaired) electrons. The van der Waals surface area contributed by atoms with E-state index in [1.165, 1.54) is 37.8 Å². The normalized spacial score (nSPS) is 33.5. The van der Waals surface area contributed by atoms with Crippen LogP contribution in [-0.4, -0.2) is 4.98 Å². The van der Waals surface area contributed by atoms with Gasteiger partial charge in [0.15, 0.2) is 0 Å². The van der Waals surface area contributed by atoms with E-state index in [4.69, 9.17) is 0 Å². The SMILES string of the molecule is Cc1cccc(CC2CC3CCC2C3)n1. The molecule has 0 N–H and O–H groups in total. The van der Waals surface area contributed by atoms with Crippen LogP contribution in [0.3, 0.4) is 0 Å². The Hall–Kier alpha value is -0.850. The summed E-state index contributed by atoms with van der Waals surface area (Å²) < 4.78 is 0. The molecule has 1 heterocycles. The van der Waals surface area contributed by atoms with Crippen LogP contribution in [0, 0.1) is 24.7 Å². The van der Waals surface area contributed by atoms with Gasteiger partial charge in [-0.2, -0.15) is 0 Å². The van der Waals surface area contributed by atoms with Crippen LogP contribution in [0.2, 0.25) is 0 Å². The zero-order chi connectivity index (χ0) is 10.3. The molecular formula is C14H19N. The zero-order valence-corrected chi connectivity index (χ0v) is 9.45. The minimum absolute atomic E-state index is 0.943. The van der Waals surface area contributed by atoms with Gasteiger partial charge in [-0.05, 0) is 62.5 Å². The monoisotopic (exact) mass is 201 g/mol. The maximum absolute atomic E-state index is 4.62. The number of hydrogen-bond donors (Lipinski definition) is 0. The van der Waals surface area contributed by atoms with Gasteiger partial charge in [-0.15, -0.1) is 0 Å². The zero-order valence-electron chi connectivity index (χ0n) is 9.45. The molecule has 2 aliphatic carbocycles. The molecular weight excluding hydrogens is 182 g/mol. The van der Waals surface area contributed by atoms with E-state index in [2.05, 4.69) is 30.1 Å². The molecule has 3 atom stereocenters. The van der Waals surface area contributed by atoms with E-state index in [1.54, 1.807) is 0 Å². The molecule has 2 fully saturated rings. The van der Waals surface area contributed by atoms with Gasteiger partial charge in [-0.3, -0.25) is 4.98 Å². The Kier molecular flexibility index (Phi) is 2.27. The van der Waals surface area contributed by atoms with Crippen LogP contribution in [0.25, 0.3) is 0 Å². The molecule has 0 aliphatic heterocycles. The van der Waals surface area contributed by atoms with Crippen LogP contribution in [0.15, 0.2) is 18.2 Å². The Morgan fingerprint density at radius 1 is 1.27 bits per heavy atom. The van der Waals surface area contributed by atoms with Crippen LogP contribution in [0.1, 0.15) is 37.1 Å². The van der Waals surface area contributed by atoms with Crippen LogP contribution < -0.4 is 0 Å². The molecule has 3 unspecified atom stereocenters. The lowest BCUT2D eigenvalue weighted by atomic mass is 9.85. The maximum atomic E-state index is 4.62. The fraction of sp³-hybridized carbons (Fsp3) is 0.643. The highest BCUT2D eigenvalue weighted by Gasteiger charge is 2.39. The highest BCUT2D eigenvalue weighted by Crippen LogP contribution is 2.49. The number of aryl methyl sites for hydroxylation is 1. The summed E-state index contributed by atoms with van der Waals surface area (Å²) in [4.78, 5) is 4.62. The summed E-state index contributed by atoms with van der Waals surface area (Å²) in [5, 5.41) is 0. The lowest BCUT2D eigenvalue weighted by Crippen LogP contribution is -2.13. The second-order valence-corrected chi connectivity index (χ2v) is 5.41. The van der Waals surface area contributed by atoms with Crippen molar-refractivity contribution in [1.29, 1.82) is 0 Å². The molecule has 1 heteroatoms. The van der Waals surface area contributed by atoms with Crippen molar-refractivity contribution in [3.8, 4) is 0 Å². The number of nitrogens with zero attached hydrogens (tertiary/aromatic N) is 1. The lowest BCUT2D eigenvalue weighted by molar-refractivity contribution is 0.329. The molecule has 0 amide bonds. The first kappa shape index (κ1) is 9.38. The van der Waals surface area contributed by atoms with Gasteiger partial charge >= 0.3 is 0 Å². The Morgan fingerprint density at radius 3 is 2.87 bits per heavy atom. The quantitative estimate of drug-likeness (QED) is 0.715. The number of hydrogen-bond acceptors (Lipinski definition) is 1. The molecule has 0 saturated heterocycles. The number of aromatic nitrogens is 1. The van der Waals surface area contributed by atoms with Gasteiger partial charge in [0.1, 0.15) is 0 Å². The second-order valence-electron chi connectivity index (χ2n) is 5.41. The predicted molar refractivity (Wildman–Crippen MR) is 61.6 cm³/mol. The van der Waals surface area contributed by atoms with Crippen molar-refractivity contribution in [2.45, 2.75) is 39.0 Å². The van der Waals surface area contributed by atoms with Gasteiger partial charge in [-0.25, -0.2) is 0 Å². The van der Waals surface area contributed by atoms with Crippen molar-refractivity contribution in [3.05, 3.63) is 29.6 Å². The smallest absolute Gasteiger partial charge is 0.0409 e. The summed E-state index contributed by atoms with van der Waals surface area (Å²) in [6.07, 6.45) is 7.20. The van der Waals surface area contributed by atoms with E-state index in [1.807, 2.05) is 0 Å². The Balaban J connectivity index is 1.71. The molecule has 2 saturated carbocycles. The predicted octanol–water partition coefficient (Wildman–Crippen LogP) is 3.37. The summed E-state index contributed by atoms with van der Waals surface area (Å²) >= 11 is 0. The van der Waals surface area contributed by atoms with E-state index < -0.39 is 0 Å². The van der Waals surface area contributed by atoms with Crippen molar-refractivity contribution >= 4 is 0 Å². The average Bonchev–Trinajstić information content (AvgIpc) is 2.79. The summed E-state index contributed by atoms with van der Waals surface area (Å²) in [5.74, 6) is 3.03. The molecule has 1 nitrogen and oxygen atoms in total. The summed E-state index contributed by atoms with van der Waals surface area (Å²) in [6.45, 7) is 2.09.